The summed E-state index contributed by atoms with van der Waals surface area (Å²) in [7, 11) is 0. The molecule has 1 saturated carbocycles. The summed E-state index contributed by atoms with van der Waals surface area (Å²) in [4.78, 5) is 0. The average Bonchev–Trinajstić information content (AvgIpc) is 2.81. The van der Waals surface area contributed by atoms with Gasteiger partial charge in [0.15, 0.2) is 0 Å². The summed E-state index contributed by atoms with van der Waals surface area (Å²) >= 11 is 0. The topological polar surface area (TPSA) is 0 Å². The molecule has 1 aromatic rings. The maximum atomic E-state index is 2.36. The molecule has 0 saturated heterocycles. The molecule has 1 fully saturated rings. The molecule has 0 radical (unpaired) electrons. The van der Waals surface area contributed by atoms with Gasteiger partial charge in [0, 0.05) is 0 Å². The Hall–Kier alpha value is -0.780. The lowest BCUT2D eigenvalue weighted by Crippen LogP contribution is -2.06. The Balaban J connectivity index is 0.000000750. The smallest absolute Gasteiger partial charge is 0.0102 e. The summed E-state index contributed by atoms with van der Waals surface area (Å²) in [5.41, 5.74) is 3.31. The second-order valence-corrected chi connectivity index (χ2v) is 4.90. The molecule has 3 unspecified atom stereocenters. The molecule has 0 amide bonds. The maximum Gasteiger partial charge on any atom is -0.0102 e. The second-order valence-electron chi connectivity index (χ2n) is 4.90. The fourth-order valence-corrected chi connectivity index (χ4v) is 3.21. The van der Waals surface area contributed by atoms with Crippen molar-refractivity contribution in [3.05, 3.63) is 35.4 Å². The minimum Gasteiger partial charge on any atom is -0.0776 e. The third-order valence-electron chi connectivity index (χ3n) is 3.77. The molecule has 0 heterocycles. The van der Waals surface area contributed by atoms with Gasteiger partial charge in [-0.25, -0.2) is 0 Å². The Labute approximate surface area is 87.3 Å². The van der Waals surface area contributed by atoms with E-state index in [9.17, 15) is 0 Å². The van der Waals surface area contributed by atoms with E-state index >= 15 is 0 Å². The van der Waals surface area contributed by atoms with Crippen molar-refractivity contribution in [1.29, 1.82) is 0 Å². The van der Waals surface area contributed by atoms with Crippen LogP contribution in [-0.2, 0) is 0 Å². The van der Waals surface area contributed by atoms with Crippen LogP contribution in [0.5, 0.6) is 0 Å². The van der Waals surface area contributed by atoms with Crippen LogP contribution in [0.15, 0.2) is 24.3 Å². The van der Waals surface area contributed by atoms with E-state index in [1.54, 1.807) is 11.1 Å². The molecule has 0 heteroatoms. The van der Waals surface area contributed by atoms with Crippen LogP contribution in [0.1, 0.15) is 50.7 Å². The van der Waals surface area contributed by atoms with Crippen molar-refractivity contribution in [2.45, 2.75) is 39.5 Å². The SMILES string of the molecule is C.CC(C)C1c2ccccc2C2CC21. The van der Waals surface area contributed by atoms with Crippen LogP contribution in [0, 0.1) is 11.8 Å². The minimum absolute atomic E-state index is 0. The molecule has 0 spiro atoms. The number of hydrogen-bond acceptors (Lipinski definition) is 0. The lowest BCUT2D eigenvalue weighted by atomic mass is 9.86. The molecular weight excluding hydrogens is 168 g/mol. The van der Waals surface area contributed by atoms with Crippen molar-refractivity contribution >= 4 is 0 Å². The summed E-state index contributed by atoms with van der Waals surface area (Å²) < 4.78 is 0. The summed E-state index contributed by atoms with van der Waals surface area (Å²) in [6.45, 7) is 4.73. The average molecular weight is 188 g/mol. The third-order valence-corrected chi connectivity index (χ3v) is 3.77. The zero-order valence-electron chi connectivity index (χ0n) is 8.33. The Morgan fingerprint density at radius 1 is 1.14 bits per heavy atom. The Bertz CT molecular complexity index is 338. The fourth-order valence-electron chi connectivity index (χ4n) is 3.21. The van der Waals surface area contributed by atoms with Crippen molar-refractivity contribution < 1.29 is 0 Å². The van der Waals surface area contributed by atoms with Crippen LogP contribution in [0.2, 0.25) is 0 Å². The zero-order valence-corrected chi connectivity index (χ0v) is 8.33. The quantitative estimate of drug-likeness (QED) is 0.620. The first-order chi connectivity index (χ1) is 6.29. The molecule has 0 nitrogen and oxygen atoms in total. The van der Waals surface area contributed by atoms with Crippen LogP contribution in [0.4, 0.5) is 0 Å². The lowest BCUT2D eigenvalue weighted by molar-refractivity contribution is 0.462. The largest absolute Gasteiger partial charge is 0.0776 e. The van der Waals surface area contributed by atoms with E-state index in [1.807, 2.05) is 0 Å². The first-order valence-corrected chi connectivity index (χ1v) is 5.38. The molecule has 0 N–H and O–H groups in total. The summed E-state index contributed by atoms with van der Waals surface area (Å²) in [6, 6.07) is 9.06. The highest BCUT2D eigenvalue weighted by Gasteiger charge is 2.52. The van der Waals surface area contributed by atoms with Crippen LogP contribution in [-0.4, -0.2) is 0 Å². The molecule has 3 rings (SSSR count). The molecule has 3 atom stereocenters. The highest BCUT2D eigenvalue weighted by molar-refractivity contribution is 5.45. The predicted octanol–water partition coefficient (Wildman–Crippen LogP) is 4.18. The number of fused-ring (bicyclic) bond motifs is 3. The standard InChI is InChI=1S/C13H16.CH4/c1-8(2)13-10-6-4-3-5-9(10)11-7-12(11)13;/h3-6,8,11-13H,7H2,1-2H3;1H4. The second kappa shape index (κ2) is 3.12. The summed E-state index contributed by atoms with van der Waals surface area (Å²) in [5, 5.41) is 0. The molecule has 2 aliphatic carbocycles. The van der Waals surface area contributed by atoms with E-state index in [1.165, 1.54) is 6.42 Å². The molecule has 0 bridgehead atoms. The number of benzene rings is 1. The van der Waals surface area contributed by atoms with Gasteiger partial charge < -0.3 is 0 Å². The molecule has 14 heavy (non-hydrogen) atoms. The van der Waals surface area contributed by atoms with E-state index in [0.29, 0.717) is 0 Å². The summed E-state index contributed by atoms with van der Waals surface area (Å²) in [5.74, 6) is 3.61. The first kappa shape index (κ1) is 9.76. The van der Waals surface area contributed by atoms with Crippen molar-refractivity contribution in [3.63, 3.8) is 0 Å². The third kappa shape index (κ3) is 1.13. The van der Waals surface area contributed by atoms with E-state index < -0.39 is 0 Å². The van der Waals surface area contributed by atoms with Crippen LogP contribution < -0.4 is 0 Å². The van der Waals surface area contributed by atoms with Gasteiger partial charge in [0.1, 0.15) is 0 Å². The first-order valence-electron chi connectivity index (χ1n) is 5.38. The highest BCUT2D eigenvalue weighted by Crippen LogP contribution is 2.64. The maximum absolute atomic E-state index is 2.36. The van der Waals surface area contributed by atoms with Gasteiger partial charge in [-0.3, -0.25) is 0 Å². The van der Waals surface area contributed by atoms with Gasteiger partial charge in [-0.05, 0) is 41.2 Å². The van der Waals surface area contributed by atoms with Crippen LogP contribution in [0.3, 0.4) is 0 Å². The van der Waals surface area contributed by atoms with Gasteiger partial charge in [0.25, 0.3) is 0 Å². The molecule has 76 valence electrons. The van der Waals surface area contributed by atoms with E-state index in [4.69, 9.17) is 0 Å². The molecule has 0 aliphatic heterocycles. The van der Waals surface area contributed by atoms with Gasteiger partial charge in [-0.15, -0.1) is 0 Å². The minimum atomic E-state index is 0. The van der Waals surface area contributed by atoms with Gasteiger partial charge in [-0.1, -0.05) is 45.5 Å². The van der Waals surface area contributed by atoms with Gasteiger partial charge in [0.05, 0.1) is 0 Å². The summed E-state index contributed by atoms with van der Waals surface area (Å²) in [6.07, 6.45) is 1.46. The van der Waals surface area contributed by atoms with Crippen molar-refractivity contribution in [1.82, 2.24) is 0 Å². The predicted molar refractivity (Wildman–Crippen MR) is 61.6 cm³/mol. The Kier molecular flexibility index (Phi) is 2.17. The zero-order chi connectivity index (χ0) is 9.00. The normalized spacial score (nSPS) is 32.1. The van der Waals surface area contributed by atoms with Gasteiger partial charge >= 0.3 is 0 Å². The Morgan fingerprint density at radius 2 is 1.79 bits per heavy atom. The van der Waals surface area contributed by atoms with Crippen molar-refractivity contribution in [2.24, 2.45) is 11.8 Å². The number of rotatable bonds is 1. The van der Waals surface area contributed by atoms with Crippen molar-refractivity contribution in [3.8, 4) is 0 Å². The highest BCUT2D eigenvalue weighted by atomic mass is 14.6. The molecule has 0 aromatic heterocycles. The van der Waals surface area contributed by atoms with Crippen LogP contribution >= 0.6 is 0 Å². The fraction of sp³-hybridized carbons (Fsp3) is 0.571. The van der Waals surface area contributed by atoms with Gasteiger partial charge in [-0.2, -0.15) is 0 Å². The van der Waals surface area contributed by atoms with E-state index in [0.717, 1.165) is 23.7 Å². The molecule has 1 aromatic carbocycles. The number of hydrogen-bond donors (Lipinski definition) is 0. The van der Waals surface area contributed by atoms with Crippen molar-refractivity contribution in [2.75, 3.05) is 0 Å². The van der Waals surface area contributed by atoms with E-state index in [2.05, 4.69) is 38.1 Å². The lowest BCUT2D eigenvalue weighted by Gasteiger charge is -2.18. The van der Waals surface area contributed by atoms with Gasteiger partial charge in [0.2, 0.25) is 0 Å². The van der Waals surface area contributed by atoms with E-state index in [-0.39, 0.29) is 7.43 Å². The van der Waals surface area contributed by atoms with Crippen LogP contribution in [0.25, 0.3) is 0 Å². The Morgan fingerprint density at radius 3 is 2.43 bits per heavy atom. The molecule has 2 aliphatic rings. The molecular formula is C14H20. The monoisotopic (exact) mass is 188 g/mol.